The maximum absolute atomic E-state index is 3.65. The molecular formula is C2H7BNP. The van der Waals surface area contributed by atoms with Gasteiger partial charge in [-0.05, 0) is 0 Å². The van der Waals surface area contributed by atoms with Gasteiger partial charge >= 0.3 is 34.4 Å². The van der Waals surface area contributed by atoms with Crippen molar-refractivity contribution >= 4 is 16.5 Å². The number of rotatable bonds is 1. The van der Waals surface area contributed by atoms with E-state index in [4.69, 9.17) is 0 Å². The average Bonchev–Trinajstić information content (AvgIpc) is 1.41. The summed E-state index contributed by atoms with van der Waals surface area (Å²) < 4.78 is 3.65. The second-order valence-electron chi connectivity index (χ2n) is 0.740. The molecule has 0 fully saturated rings. The van der Waals surface area contributed by atoms with E-state index >= 15 is 0 Å². The van der Waals surface area contributed by atoms with E-state index in [1.165, 1.54) is 0 Å². The topological polar surface area (TPSA) is 12.4 Å². The van der Waals surface area contributed by atoms with Crippen molar-refractivity contribution < 1.29 is 0 Å². The standard InChI is InChI=1S/C2H7BNP/c1-2-3-4-5/h2,5H2,1H3. The van der Waals surface area contributed by atoms with Gasteiger partial charge < -0.3 is 0 Å². The molecule has 0 aliphatic heterocycles. The summed E-state index contributed by atoms with van der Waals surface area (Å²) in [5, 5.41) is 0. The van der Waals surface area contributed by atoms with Gasteiger partial charge in [-0.25, -0.2) is 0 Å². The minimum absolute atomic E-state index is 1.03. The van der Waals surface area contributed by atoms with Crippen LogP contribution in [0.15, 0.2) is 4.67 Å². The molecule has 1 unspecified atom stereocenters. The molecule has 1 atom stereocenters. The van der Waals surface area contributed by atoms with Crippen LogP contribution in [0, 0.1) is 0 Å². The second kappa shape index (κ2) is 4.29. The monoisotopic (exact) mass is 87.0 g/mol. The third-order valence-electron chi connectivity index (χ3n) is 0.288. The van der Waals surface area contributed by atoms with Gasteiger partial charge in [0.1, 0.15) is 0 Å². The molecule has 0 aliphatic rings. The van der Waals surface area contributed by atoms with Gasteiger partial charge in [0.05, 0.1) is 0 Å². The molecule has 0 aliphatic carbocycles. The molecule has 0 amide bonds. The van der Waals surface area contributed by atoms with Gasteiger partial charge in [-0.2, -0.15) is 0 Å². The first-order valence-corrected chi connectivity index (χ1v) is 2.15. The van der Waals surface area contributed by atoms with Gasteiger partial charge in [-0.15, -0.1) is 0 Å². The number of hydrogen-bond donors (Lipinski definition) is 0. The molecule has 3 heteroatoms. The summed E-state index contributed by atoms with van der Waals surface area (Å²) in [6.45, 7) is 2.05. The molecule has 0 spiro atoms. The van der Waals surface area contributed by atoms with E-state index < -0.39 is 0 Å². The zero-order valence-electron chi connectivity index (χ0n) is 3.31. The zero-order valence-corrected chi connectivity index (χ0v) is 4.46. The Morgan fingerprint density at radius 1 is 2.00 bits per heavy atom. The first-order chi connectivity index (χ1) is 2.41. The van der Waals surface area contributed by atoms with Crippen molar-refractivity contribution in [1.82, 2.24) is 0 Å². The second-order valence-corrected chi connectivity index (χ2v) is 1.04. The van der Waals surface area contributed by atoms with Gasteiger partial charge in [0, 0.05) is 0 Å². The van der Waals surface area contributed by atoms with Crippen LogP contribution in [-0.2, 0) is 0 Å². The Morgan fingerprint density at radius 3 is 2.60 bits per heavy atom. The zero-order chi connectivity index (χ0) is 4.12. The fourth-order valence-corrected chi connectivity index (χ4v) is 0.316. The molecule has 28 valence electrons. The van der Waals surface area contributed by atoms with E-state index in [1.807, 2.05) is 14.0 Å². The van der Waals surface area contributed by atoms with Crippen LogP contribution in [0.4, 0.5) is 0 Å². The fraction of sp³-hybridized carbons (Fsp3) is 1.00. The summed E-state index contributed by atoms with van der Waals surface area (Å²) in [6, 6.07) is 0. The molecule has 0 rings (SSSR count). The van der Waals surface area contributed by atoms with Crippen molar-refractivity contribution in [2.24, 2.45) is 4.67 Å². The summed E-state index contributed by atoms with van der Waals surface area (Å²) in [5.41, 5.74) is 0. The Bertz CT molecular complexity index is 36.6. The van der Waals surface area contributed by atoms with Crippen LogP contribution < -0.4 is 0 Å². The molecule has 0 saturated heterocycles. The normalized spacial score (nSPS) is 8.40. The van der Waals surface area contributed by atoms with Crippen molar-refractivity contribution in [2.75, 3.05) is 0 Å². The molecule has 0 N–H and O–H groups in total. The van der Waals surface area contributed by atoms with Gasteiger partial charge in [-0.1, -0.05) is 0 Å². The van der Waals surface area contributed by atoms with Crippen molar-refractivity contribution in [3.63, 3.8) is 0 Å². The molecule has 1 nitrogen and oxygen atoms in total. The Labute approximate surface area is 35.4 Å². The molecule has 5 heavy (non-hydrogen) atoms. The van der Waals surface area contributed by atoms with Crippen LogP contribution in [0.2, 0.25) is 6.32 Å². The molecule has 0 radical (unpaired) electrons. The number of nitrogens with zero attached hydrogens (tertiary/aromatic N) is 1. The Kier molecular flexibility index (Phi) is 4.55. The first-order valence-electron chi connectivity index (χ1n) is 1.63. The minimum atomic E-state index is 1.03. The first kappa shape index (κ1) is 5.29. The molecule has 0 heterocycles. The van der Waals surface area contributed by atoms with E-state index in [1.54, 1.807) is 0 Å². The van der Waals surface area contributed by atoms with E-state index in [-0.39, 0.29) is 0 Å². The van der Waals surface area contributed by atoms with Gasteiger partial charge in [-0.3, -0.25) is 0 Å². The quantitative estimate of drug-likeness (QED) is 0.335. The molecule has 0 aromatic carbocycles. The molecule has 0 aromatic heterocycles. The SMILES string of the molecule is CCB=NP. The van der Waals surface area contributed by atoms with E-state index in [9.17, 15) is 0 Å². The molecular weight excluding hydrogens is 79.8 g/mol. The Balaban J connectivity index is 2.62. The van der Waals surface area contributed by atoms with Crippen LogP contribution in [0.3, 0.4) is 0 Å². The van der Waals surface area contributed by atoms with Crippen LogP contribution in [0.1, 0.15) is 6.92 Å². The molecule has 0 bridgehead atoms. The summed E-state index contributed by atoms with van der Waals surface area (Å²) in [7, 11) is 4.11. The van der Waals surface area contributed by atoms with Crippen LogP contribution in [-0.4, -0.2) is 7.07 Å². The summed E-state index contributed by atoms with van der Waals surface area (Å²) in [4.78, 5) is 0. The van der Waals surface area contributed by atoms with Crippen molar-refractivity contribution in [1.29, 1.82) is 0 Å². The molecule has 0 saturated carbocycles. The van der Waals surface area contributed by atoms with Crippen molar-refractivity contribution in [3.05, 3.63) is 0 Å². The maximum atomic E-state index is 3.65. The number of hydrogen-bond acceptors (Lipinski definition) is 1. The summed E-state index contributed by atoms with van der Waals surface area (Å²) in [5.74, 6) is 0. The summed E-state index contributed by atoms with van der Waals surface area (Å²) in [6.07, 6.45) is 1.03. The van der Waals surface area contributed by atoms with Crippen molar-refractivity contribution in [2.45, 2.75) is 13.2 Å². The van der Waals surface area contributed by atoms with Crippen LogP contribution >= 0.6 is 9.39 Å². The van der Waals surface area contributed by atoms with Crippen molar-refractivity contribution in [3.8, 4) is 0 Å². The third kappa shape index (κ3) is 4.29. The third-order valence-corrected chi connectivity index (χ3v) is 0.499. The predicted octanol–water partition coefficient (Wildman–Crippen LogP) is 1.10. The van der Waals surface area contributed by atoms with Gasteiger partial charge in [0.2, 0.25) is 0 Å². The van der Waals surface area contributed by atoms with Crippen LogP contribution in [0.25, 0.3) is 0 Å². The van der Waals surface area contributed by atoms with E-state index in [2.05, 4.69) is 14.1 Å². The van der Waals surface area contributed by atoms with Gasteiger partial charge in [0.15, 0.2) is 0 Å². The van der Waals surface area contributed by atoms with E-state index in [0.717, 1.165) is 6.32 Å². The van der Waals surface area contributed by atoms with E-state index in [0.29, 0.717) is 0 Å². The fourth-order valence-electron chi connectivity index (χ4n) is 0.105. The predicted molar refractivity (Wildman–Crippen MR) is 28.4 cm³/mol. The summed E-state index contributed by atoms with van der Waals surface area (Å²) >= 11 is 0. The Hall–Kier alpha value is 0.295. The molecule has 0 aromatic rings. The average molecular weight is 86.9 g/mol. The van der Waals surface area contributed by atoms with Crippen LogP contribution in [0.5, 0.6) is 0 Å². The van der Waals surface area contributed by atoms with Gasteiger partial charge in [0.25, 0.3) is 0 Å². The Morgan fingerprint density at radius 2 is 2.60 bits per heavy atom.